The monoisotopic (exact) mass is 268 g/mol. The van der Waals surface area contributed by atoms with Crippen molar-refractivity contribution in [2.75, 3.05) is 24.5 Å². The topological polar surface area (TPSA) is 57.3 Å². The number of nitrogens with one attached hydrogen (secondary N) is 2. The van der Waals surface area contributed by atoms with Crippen LogP contribution < -0.4 is 15.5 Å². The van der Waals surface area contributed by atoms with Gasteiger partial charge in [-0.1, -0.05) is 6.92 Å². The molecule has 1 aliphatic rings. The van der Waals surface area contributed by atoms with Crippen molar-refractivity contribution >= 4 is 22.4 Å². The average Bonchev–Trinajstić information content (AvgIpc) is 2.82. The minimum atomic E-state index is -0.132. The second-order valence-electron chi connectivity index (χ2n) is 4.49. The smallest absolute Gasteiger partial charge is 0.242 e. The van der Waals surface area contributed by atoms with Gasteiger partial charge in [0, 0.05) is 24.5 Å². The number of carbonyl (C=O) groups excluding carboxylic acids is 1. The first-order chi connectivity index (χ1) is 8.63. The number of carbonyl (C=O) groups is 1. The number of anilines is 1. The number of nitrogens with zero attached hydrogens (tertiary/aromatic N) is 2. The molecule has 0 saturated carbocycles. The molecule has 1 amide bonds. The van der Waals surface area contributed by atoms with Crippen molar-refractivity contribution in [3.05, 3.63) is 11.1 Å². The van der Waals surface area contributed by atoms with Gasteiger partial charge >= 0.3 is 0 Å². The van der Waals surface area contributed by atoms with Crippen LogP contribution in [0.25, 0.3) is 0 Å². The SMILES string of the molecule is CCNC(C)c1csc(N2CCNC(=O)C2C)n1. The Morgan fingerprint density at radius 1 is 1.72 bits per heavy atom. The Morgan fingerprint density at radius 3 is 3.22 bits per heavy atom. The van der Waals surface area contributed by atoms with Crippen LogP contribution in [0.4, 0.5) is 5.13 Å². The third-order valence-electron chi connectivity index (χ3n) is 3.21. The molecule has 0 spiro atoms. The van der Waals surface area contributed by atoms with E-state index in [2.05, 4.69) is 39.7 Å². The van der Waals surface area contributed by atoms with Crippen molar-refractivity contribution in [2.24, 2.45) is 0 Å². The predicted molar refractivity (Wildman–Crippen MR) is 74.0 cm³/mol. The zero-order valence-electron chi connectivity index (χ0n) is 11.1. The molecule has 2 rings (SSSR count). The maximum Gasteiger partial charge on any atom is 0.242 e. The van der Waals surface area contributed by atoms with Crippen LogP contribution in [0.15, 0.2) is 5.38 Å². The summed E-state index contributed by atoms with van der Waals surface area (Å²) in [5.74, 6) is 0.0812. The van der Waals surface area contributed by atoms with Gasteiger partial charge in [0.25, 0.3) is 0 Å². The van der Waals surface area contributed by atoms with Gasteiger partial charge < -0.3 is 15.5 Å². The quantitative estimate of drug-likeness (QED) is 0.860. The van der Waals surface area contributed by atoms with Crippen LogP contribution in [0.1, 0.15) is 32.5 Å². The molecule has 6 heteroatoms. The van der Waals surface area contributed by atoms with E-state index in [1.165, 1.54) is 0 Å². The van der Waals surface area contributed by atoms with Crippen LogP contribution in [0.5, 0.6) is 0 Å². The third-order valence-corrected chi connectivity index (χ3v) is 4.10. The van der Waals surface area contributed by atoms with Crippen LogP contribution >= 0.6 is 11.3 Å². The van der Waals surface area contributed by atoms with Gasteiger partial charge in [0.1, 0.15) is 6.04 Å². The second kappa shape index (κ2) is 5.67. The number of rotatable bonds is 4. The van der Waals surface area contributed by atoms with Gasteiger partial charge in [0.05, 0.1) is 5.69 Å². The largest absolute Gasteiger partial charge is 0.353 e. The summed E-state index contributed by atoms with van der Waals surface area (Å²) >= 11 is 1.61. The van der Waals surface area contributed by atoms with Crippen LogP contribution in [0, 0.1) is 0 Å². The number of piperazine rings is 1. The van der Waals surface area contributed by atoms with E-state index in [0.717, 1.165) is 23.9 Å². The van der Waals surface area contributed by atoms with Crippen LogP contribution in [0.2, 0.25) is 0 Å². The molecule has 2 unspecified atom stereocenters. The maximum atomic E-state index is 11.6. The molecule has 0 aliphatic carbocycles. The lowest BCUT2D eigenvalue weighted by Gasteiger charge is -2.32. The first-order valence-corrected chi connectivity index (χ1v) is 7.24. The van der Waals surface area contributed by atoms with Gasteiger partial charge in [0.2, 0.25) is 5.91 Å². The first kappa shape index (κ1) is 13.3. The molecular formula is C12H20N4OS. The standard InChI is InChI=1S/C12H20N4OS/c1-4-13-8(2)10-7-18-12(15-10)16-6-5-14-11(17)9(16)3/h7-9,13H,4-6H2,1-3H3,(H,14,17). The van der Waals surface area contributed by atoms with E-state index in [0.29, 0.717) is 6.54 Å². The minimum absolute atomic E-state index is 0.0812. The Bertz CT molecular complexity index is 420. The van der Waals surface area contributed by atoms with Gasteiger partial charge in [-0.2, -0.15) is 0 Å². The molecular weight excluding hydrogens is 248 g/mol. The molecule has 1 aliphatic heterocycles. The van der Waals surface area contributed by atoms with Crippen molar-refractivity contribution in [3.8, 4) is 0 Å². The fourth-order valence-corrected chi connectivity index (χ4v) is 3.09. The van der Waals surface area contributed by atoms with E-state index >= 15 is 0 Å². The summed E-state index contributed by atoms with van der Waals surface area (Å²) in [5.41, 5.74) is 1.05. The minimum Gasteiger partial charge on any atom is -0.353 e. The lowest BCUT2D eigenvalue weighted by Crippen LogP contribution is -2.54. The van der Waals surface area contributed by atoms with Gasteiger partial charge in [-0.3, -0.25) is 4.79 Å². The number of hydrogen-bond acceptors (Lipinski definition) is 5. The van der Waals surface area contributed by atoms with Gasteiger partial charge in [0.15, 0.2) is 5.13 Å². The Balaban J connectivity index is 2.11. The number of thiazole rings is 1. The summed E-state index contributed by atoms with van der Waals surface area (Å²) in [7, 11) is 0. The number of hydrogen-bond donors (Lipinski definition) is 2. The van der Waals surface area contributed by atoms with Gasteiger partial charge in [-0.25, -0.2) is 4.98 Å². The average molecular weight is 268 g/mol. The van der Waals surface area contributed by atoms with E-state index in [-0.39, 0.29) is 18.0 Å². The molecule has 1 aromatic heterocycles. The van der Waals surface area contributed by atoms with Crippen LogP contribution in [-0.2, 0) is 4.79 Å². The Kier molecular flexibility index (Phi) is 4.19. The second-order valence-corrected chi connectivity index (χ2v) is 5.33. The van der Waals surface area contributed by atoms with E-state index in [1.54, 1.807) is 11.3 Å². The molecule has 0 aromatic carbocycles. The highest BCUT2D eigenvalue weighted by Crippen LogP contribution is 2.26. The lowest BCUT2D eigenvalue weighted by molar-refractivity contribution is -0.122. The first-order valence-electron chi connectivity index (χ1n) is 6.36. The summed E-state index contributed by atoms with van der Waals surface area (Å²) < 4.78 is 0. The highest BCUT2D eigenvalue weighted by molar-refractivity contribution is 7.13. The summed E-state index contributed by atoms with van der Waals surface area (Å²) in [6.45, 7) is 8.56. The zero-order valence-corrected chi connectivity index (χ0v) is 11.9. The molecule has 1 saturated heterocycles. The van der Waals surface area contributed by atoms with Crippen molar-refractivity contribution in [2.45, 2.75) is 32.9 Å². The van der Waals surface area contributed by atoms with E-state index in [4.69, 9.17) is 0 Å². The normalized spacial score (nSPS) is 21.8. The summed E-state index contributed by atoms with van der Waals surface area (Å²) in [6, 6.07) is 0.126. The molecule has 1 aromatic rings. The molecule has 2 atom stereocenters. The molecule has 2 heterocycles. The Labute approximate surface area is 112 Å². The number of amides is 1. The predicted octanol–water partition coefficient (Wildman–Crippen LogP) is 1.14. The van der Waals surface area contributed by atoms with Crippen molar-refractivity contribution < 1.29 is 4.79 Å². The van der Waals surface area contributed by atoms with Crippen molar-refractivity contribution in [1.82, 2.24) is 15.6 Å². The molecule has 100 valence electrons. The van der Waals surface area contributed by atoms with E-state index < -0.39 is 0 Å². The fourth-order valence-electron chi connectivity index (χ4n) is 2.06. The van der Waals surface area contributed by atoms with Gasteiger partial charge in [-0.05, 0) is 20.4 Å². The van der Waals surface area contributed by atoms with Crippen molar-refractivity contribution in [1.29, 1.82) is 0 Å². The third kappa shape index (κ3) is 2.64. The molecule has 18 heavy (non-hydrogen) atoms. The van der Waals surface area contributed by atoms with Crippen LogP contribution in [0.3, 0.4) is 0 Å². The molecule has 5 nitrogen and oxygen atoms in total. The summed E-state index contributed by atoms with van der Waals surface area (Å²) in [4.78, 5) is 18.3. The van der Waals surface area contributed by atoms with Crippen LogP contribution in [-0.4, -0.2) is 36.6 Å². The van der Waals surface area contributed by atoms with Gasteiger partial charge in [-0.15, -0.1) is 11.3 Å². The molecule has 0 radical (unpaired) electrons. The van der Waals surface area contributed by atoms with E-state index in [9.17, 15) is 4.79 Å². The molecule has 0 bridgehead atoms. The Morgan fingerprint density at radius 2 is 2.50 bits per heavy atom. The fraction of sp³-hybridized carbons (Fsp3) is 0.667. The highest BCUT2D eigenvalue weighted by atomic mass is 32.1. The van der Waals surface area contributed by atoms with E-state index in [1.807, 2.05) is 6.92 Å². The maximum absolute atomic E-state index is 11.6. The highest BCUT2D eigenvalue weighted by Gasteiger charge is 2.27. The molecule has 2 N–H and O–H groups in total. The zero-order chi connectivity index (χ0) is 13.1. The van der Waals surface area contributed by atoms with Crippen molar-refractivity contribution in [3.63, 3.8) is 0 Å². The number of aromatic nitrogens is 1. The lowest BCUT2D eigenvalue weighted by atomic mass is 10.2. The summed E-state index contributed by atoms with van der Waals surface area (Å²) in [6.07, 6.45) is 0. The molecule has 1 fully saturated rings. The Hall–Kier alpha value is -1.14. The summed E-state index contributed by atoms with van der Waals surface area (Å²) in [5, 5.41) is 9.22.